The zero-order valence-corrected chi connectivity index (χ0v) is 9.29. The molecule has 0 unspecified atom stereocenters. The van der Waals surface area contributed by atoms with Gasteiger partial charge in [0.1, 0.15) is 0 Å². The first-order valence-electron chi connectivity index (χ1n) is 5.31. The third-order valence-corrected chi connectivity index (χ3v) is 1.97. The van der Waals surface area contributed by atoms with E-state index in [2.05, 4.69) is 19.2 Å². The molecular weight excluding hydrogens is 193 g/mol. The van der Waals surface area contributed by atoms with E-state index in [1.807, 2.05) is 0 Å². The van der Waals surface area contributed by atoms with Gasteiger partial charge in [0.2, 0.25) is 0 Å². The first-order chi connectivity index (χ1) is 7.20. The lowest BCUT2D eigenvalue weighted by Crippen LogP contribution is -2.24. The van der Waals surface area contributed by atoms with Gasteiger partial charge in [-0.2, -0.15) is 0 Å². The van der Waals surface area contributed by atoms with Crippen LogP contribution in [0.4, 0.5) is 4.39 Å². The van der Waals surface area contributed by atoms with Crippen LogP contribution in [0.1, 0.15) is 20.3 Å². The maximum atomic E-state index is 13.1. The van der Waals surface area contributed by atoms with Crippen LogP contribution in [-0.4, -0.2) is 19.2 Å². The van der Waals surface area contributed by atoms with Gasteiger partial charge in [-0.3, -0.25) is 0 Å². The molecule has 0 amide bonds. The SMILES string of the molecule is CC(C)NCCCOc1ccccc1F. The maximum absolute atomic E-state index is 13.1. The van der Waals surface area contributed by atoms with Crippen LogP contribution in [0.2, 0.25) is 0 Å². The van der Waals surface area contributed by atoms with Gasteiger partial charge < -0.3 is 10.1 Å². The van der Waals surface area contributed by atoms with Crippen LogP contribution in [-0.2, 0) is 0 Å². The largest absolute Gasteiger partial charge is 0.490 e. The molecule has 84 valence electrons. The molecule has 0 radical (unpaired) electrons. The summed E-state index contributed by atoms with van der Waals surface area (Å²) < 4.78 is 18.4. The minimum absolute atomic E-state index is 0.297. The molecule has 1 aromatic carbocycles. The molecule has 0 aliphatic heterocycles. The molecule has 3 heteroatoms. The molecule has 0 saturated heterocycles. The second kappa shape index (κ2) is 6.40. The average molecular weight is 211 g/mol. The van der Waals surface area contributed by atoms with Crippen molar-refractivity contribution in [2.45, 2.75) is 26.3 Å². The highest BCUT2D eigenvalue weighted by atomic mass is 19.1. The highest BCUT2D eigenvalue weighted by molar-refractivity contribution is 5.23. The van der Waals surface area contributed by atoms with E-state index >= 15 is 0 Å². The average Bonchev–Trinajstić information content (AvgIpc) is 2.20. The van der Waals surface area contributed by atoms with E-state index in [1.54, 1.807) is 18.2 Å². The van der Waals surface area contributed by atoms with Crippen LogP contribution in [0, 0.1) is 5.82 Å². The Kier molecular flexibility index (Phi) is 5.12. The van der Waals surface area contributed by atoms with Gasteiger partial charge in [-0.25, -0.2) is 4.39 Å². The Morgan fingerprint density at radius 1 is 1.33 bits per heavy atom. The molecule has 0 aromatic heterocycles. The van der Waals surface area contributed by atoms with Gasteiger partial charge in [0.25, 0.3) is 0 Å². The third kappa shape index (κ3) is 4.79. The van der Waals surface area contributed by atoms with Gasteiger partial charge in [0.15, 0.2) is 11.6 Å². The number of nitrogens with one attached hydrogen (secondary N) is 1. The van der Waals surface area contributed by atoms with Crippen molar-refractivity contribution in [3.05, 3.63) is 30.1 Å². The Morgan fingerprint density at radius 3 is 2.73 bits per heavy atom. The van der Waals surface area contributed by atoms with Gasteiger partial charge in [0, 0.05) is 6.04 Å². The molecule has 1 N–H and O–H groups in total. The highest BCUT2D eigenvalue weighted by Crippen LogP contribution is 2.15. The van der Waals surface area contributed by atoms with E-state index in [1.165, 1.54) is 6.07 Å². The molecule has 0 atom stereocenters. The number of halogens is 1. The smallest absolute Gasteiger partial charge is 0.165 e. The number of hydrogen-bond donors (Lipinski definition) is 1. The first kappa shape index (κ1) is 12.0. The van der Waals surface area contributed by atoms with E-state index in [4.69, 9.17) is 4.74 Å². The van der Waals surface area contributed by atoms with Gasteiger partial charge in [-0.05, 0) is 25.1 Å². The van der Waals surface area contributed by atoms with Crippen molar-refractivity contribution < 1.29 is 9.13 Å². The van der Waals surface area contributed by atoms with Crippen molar-refractivity contribution in [2.24, 2.45) is 0 Å². The van der Waals surface area contributed by atoms with Crippen LogP contribution >= 0.6 is 0 Å². The fraction of sp³-hybridized carbons (Fsp3) is 0.500. The summed E-state index contributed by atoms with van der Waals surface area (Å²) in [5.41, 5.74) is 0. The second-order valence-corrected chi connectivity index (χ2v) is 3.74. The summed E-state index contributed by atoms with van der Waals surface area (Å²) in [4.78, 5) is 0. The van der Waals surface area contributed by atoms with Crippen LogP contribution < -0.4 is 10.1 Å². The lowest BCUT2D eigenvalue weighted by molar-refractivity contribution is 0.292. The fourth-order valence-corrected chi connectivity index (χ4v) is 1.21. The highest BCUT2D eigenvalue weighted by Gasteiger charge is 2.00. The molecule has 0 aliphatic rings. The summed E-state index contributed by atoms with van der Waals surface area (Å²) in [7, 11) is 0. The van der Waals surface area contributed by atoms with E-state index in [0.717, 1.165) is 13.0 Å². The number of benzene rings is 1. The molecule has 0 aliphatic carbocycles. The minimum atomic E-state index is -0.297. The summed E-state index contributed by atoms with van der Waals surface area (Å²) >= 11 is 0. The molecule has 0 spiro atoms. The predicted octanol–water partition coefficient (Wildman–Crippen LogP) is 2.59. The van der Waals surface area contributed by atoms with Gasteiger partial charge in [-0.15, -0.1) is 0 Å². The number of para-hydroxylation sites is 1. The van der Waals surface area contributed by atoms with Crippen molar-refractivity contribution in [3.63, 3.8) is 0 Å². The molecule has 0 heterocycles. The van der Waals surface area contributed by atoms with Crippen LogP contribution in [0.25, 0.3) is 0 Å². The van der Waals surface area contributed by atoms with Crippen molar-refractivity contribution in [1.82, 2.24) is 5.32 Å². The van der Waals surface area contributed by atoms with Crippen molar-refractivity contribution in [1.29, 1.82) is 0 Å². The first-order valence-corrected chi connectivity index (χ1v) is 5.31. The lowest BCUT2D eigenvalue weighted by atomic mass is 10.3. The monoisotopic (exact) mass is 211 g/mol. The number of hydrogen-bond acceptors (Lipinski definition) is 2. The van der Waals surface area contributed by atoms with Crippen molar-refractivity contribution >= 4 is 0 Å². The normalized spacial score (nSPS) is 10.7. The Bertz CT molecular complexity index is 289. The third-order valence-electron chi connectivity index (χ3n) is 1.97. The lowest BCUT2D eigenvalue weighted by Gasteiger charge is -2.09. The molecule has 1 rings (SSSR count). The molecule has 15 heavy (non-hydrogen) atoms. The standard InChI is InChI=1S/C12H18FNO/c1-10(2)14-8-5-9-15-12-7-4-3-6-11(12)13/h3-4,6-7,10,14H,5,8-9H2,1-2H3. The number of ether oxygens (including phenoxy) is 1. The summed E-state index contributed by atoms with van der Waals surface area (Å²) in [6.07, 6.45) is 0.881. The second-order valence-electron chi connectivity index (χ2n) is 3.74. The van der Waals surface area contributed by atoms with Crippen LogP contribution in [0.3, 0.4) is 0 Å². The molecule has 2 nitrogen and oxygen atoms in total. The number of rotatable bonds is 6. The Hall–Kier alpha value is -1.09. The zero-order chi connectivity index (χ0) is 11.1. The van der Waals surface area contributed by atoms with E-state index in [0.29, 0.717) is 18.4 Å². The fourth-order valence-electron chi connectivity index (χ4n) is 1.21. The summed E-state index contributed by atoms with van der Waals surface area (Å²) in [6, 6.07) is 6.96. The van der Waals surface area contributed by atoms with Gasteiger partial charge >= 0.3 is 0 Å². The summed E-state index contributed by atoms with van der Waals surface area (Å²) in [5, 5.41) is 3.27. The summed E-state index contributed by atoms with van der Waals surface area (Å²) in [6.45, 7) is 5.63. The summed E-state index contributed by atoms with van der Waals surface area (Å²) in [5.74, 6) is 0.0383. The van der Waals surface area contributed by atoms with Crippen molar-refractivity contribution in [3.8, 4) is 5.75 Å². The molecule has 1 aromatic rings. The minimum Gasteiger partial charge on any atom is -0.490 e. The molecular formula is C12H18FNO. The molecule has 0 saturated carbocycles. The van der Waals surface area contributed by atoms with Crippen LogP contribution in [0.15, 0.2) is 24.3 Å². The molecule has 0 bridgehead atoms. The van der Waals surface area contributed by atoms with Gasteiger partial charge in [0.05, 0.1) is 6.61 Å². The van der Waals surface area contributed by atoms with E-state index in [9.17, 15) is 4.39 Å². The Labute approximate surface area is 90.4 Å². The van der Waals surface area contributed by atoms with E-state index in [-0.39, 0.29) is 5.82 Å². The Balaban J connectivity index is 2.18. The zero-order valence-electron chi connectivity index (χ0n) is 9.29. The maximum Gasteiger partial charge on any atom is 0.165 e. The Morgan fingerprint density at radius 2 is 2.07 bits per heavy atom. The van der Waals surface area contributed by atoms with Crippen LogP contribution in [0.5, 0.6) is 5.75 Å². The topological polar surface area (TPSA) is 21.3 Å². The predicted molar refractivity (Wildman–Crippen MR) is 59.7 cm³/mol. The van der Waals surface area contributed by atoms with Gasteiger partial charge in [-0.1, -0.05) is 26.0 Å². The molecule has 0 fully saturated rings. The van der Waals surface area contributed by atoms with Crippen molar-refractivity contribution in [2.75, 3.05) is 13.2 Å². The van der Waals surface area contributed by atoms with E-state index < -0.39 is 0 Å². The quantitative estimate of drug-likeness (QED) is 0.730.